The minimum Gasteiger partial charge on any atom is -0.380 e. The molecule has 1 rings (SSSR count). The van der Waals surface area contributed by atoms with Crippen LogP contribution in [0.2, 0.25) is 5.02 Å². The summed E-state index contributed by atoms with van der Waals surface area (Å²) in [6.45, 7) is 6.55. The zero-order valence-corrected chi connectivity index (χ0v) is 9.74. The number of benzene rings is 1. The Kier molecular flexibility index (Phi) is 3.82. The quantitative estimate of drug-likeness (QED) is 0.807. The normalized spacial score (nSPS) is 9.77. The molecule has 70 valence electrons. The van der Waals surface area contributed by atoms with Gasteiger partial charge in [0, 0.05) is 16.0 Å². The van der Waals surface area contributed by atoms with Crippen LogP contribution in [-0.4, -0.2) is 6.54 Å². The smallest absolute Gasteiger partial charge is 0.0502 e. The Morgan fingerprint density at radius 2 is 2.31 bits per heavy atom. The third-order valence-electron chi connectivity index (χ3n) is 1.51. The van der Waals surface area contributed by atoms with E-state index in [4.69, 9.17) is 11.6 Å². The summed E-state index contributed by atoms with van der Waals surface area (Å²) in [6, 6.07) is 5.65. The Labute approximate surface area is 91.9 Å². The van der Waals surface area contributed by atoms with Gasteiger partial charge in [-0.05, 0) is 41.1 Å². The van der Waals surface area contributed by atoms with E-state index in [2.05, 4.69) is 27.8 Å². The van der Waals surface area contributed by atoms with Crippen LogP contribution in [-0.2, 0) is 0 Å². The standard InChI is InChI=1S/C10H11BrClN/c1-7(2)6-13-10-5-8(12)3-4-9(10)11/h3-5,13H,1,6H2,2H3. The summed E-state index contributed by atoms with van der Waals surface area (Å²) in [5.74, 6) is 0. The molecule has 1 aromatic rings. The van der Waals surface area contributed by atoms with E-state index in [9.17, 15) is 0 Å². The monoisotopic (exact) mass is 259 g/mol. The molecule has 0 radical (unpaired) electrons. The van der Waals surface area contributed by atoms with Crippen molar-refractivity contribution in [3.8, 4) is 0 Å². The first-order valence-electron chi connectivity index (χ1n) is 3.93. The lowest BCUT2D eigenvalue weighted by Crippen LogP contribution is -2.02. The van der Waals surface area contributed by atoms with Crippen molar-refractivity contribution in [2.24, 2.45) is 0 Å². The third kappa shape index (κ3) is 3.41. The largest absolute Gasteiger partial charge is 0.380 e. The van der Waals surface area contributed by atoms with E-state index < -0.39 is 0 Å². The number of rotatable bonds is 3. The molecule has 0 bridgehead atoms. The molecule has 1 N–H and O–H groups in total. The van der Waals surface area contributed by atoms with Crippen LogP contribution < -0.4 is 5.32 Å². The van der Waals surface area contributed by atoms with Gasteiger partial charge in [0.05, 0.1) is 5.69 Å². The molecular weight excluding hydrogens is 249 g/mol. The van der Waals surface area contributed by atoms with Crippen LogP contribution in [0.4, 0.5) is 5.69 Å². The van der Waals surface area contributed by atoms with Gasteiger partial charge in [-0.2, -0.15) is 0 Å². The zero-order chi connectivity index (χ0) is 9.84. The molecule has 0 unspecified atom stereocenters. The highest BCUT2D eigenvalue weighted by Gasteiger charge is 1.99. The molecule has 0 aromatic heterocycles. The van der Waals surface area contributed by atoms with E-state index in [-0.39, 0.29) is 0 Å². The van der Waals surface area contributed by atoms with Gasteiger partial charge < -0.3 is 5.32 Å². The van der Waals surface area contributed by atoms with Crippen molar-refractivity contribution < 1.29 is 0 Å². The maximum absolute atomic E-state index is 5.85. The van der Waals surface area contributed by atoms with Crippen LogP contribution in [0.5, 0.6) is 0 Å². The molecule has 0 aliphatic rings. The highest BCUT2D eigenvalue weighted by atomic mass is 79.9. The van der Waals surface area contributed by atoms with Crippen molar-refractivity contribution in [1.82, 2.24) is 0 Å². The van der Waals surface area contributed by atoms with Crippen LogP contribution in [0.25, 0.3) is 0 Å². The number of anilines is 1. The van der Waals surface area contributed by atoms with E-state index in [1.54, 1.807) is 0 Å². The number of halogens is 2. The average Bonchev–Trinajstić information content (AvgIpc) is 2.06. The zero-order valence-electron chi connectivity index (χ0n) is 7.40. The highest BCUT2D eigenvalue weighted by molar-refractivity contribution is 9.10. The number of hydrogen-bond donors (Lipinski definition) is 1. The molecule has 0 aliphatic carbocycles. The Bertz CT molecular complexity index is 323. The van der Waals surface area contributed by atoms with Crippen LogP contribution in [0.1, 0.15) is 6.92 Å². The molecule has 0 fully saturated rings. The van der Waals surface area contributed by atoms with Crippen molar-refractivity contribution in [3.63, 3.8) is 0 Å². The lowest BCUT2D eigenvalue weighted by Gasteiger charge is -2.08. The number of hydrogen-bond acceptors (Lipinski definition) is 1. The van der Waals surface area contributed by atoms with Crippen molar-refractivity contribution in [1.29, 1.82) is 0 Å². The predicted molar refractivity (Wildman–Crippen MR) is 62.5 cm³/mol. The highest BCUT2D eigenvalue weighted by Crippen LogP contribution is 2.25. The summed E-state index contributed by atoms with van der Waals surface area (Å²) in [4.78, 5) is 0. The SMILES string of the molecule is C=C(C)CNc1cc(Cl)ccc1Br. The molecule has 13 heavy (non-hydrogen) atoms. The van der Waals surface area contributed by atoms with E-state index in [1.807, 2.05) is 25.1 Å². The van der Waals surface area contributed by atoms with Gasteiger partial charge in [-0.1, -0.05) is 23.8 Å². The van der Waals surface area contributed by atoms with Gasteiger partial charge >= 0.3 is 0 Å². The molecule has 0 heterocycles. The second-order valence-corrected chi connectivity index (χ2v) is 4.23. The van der Waals surface area contributed by atoms with E-state index in [0.29, 0.717) is 0 Å². The van der Waals surface area contributed by atoms with E-state index in [0.717, 1.165) is 27.3 Å². The predicted octanol–water partition coefficient (Wildman–Crippen LogP) is 4.09. The first kappa shape index (κ1) is 10.6. The summed E-state index contributed by atoms with van der Waals surface area (Å²) in [5, 5.41) is 3.95. The van der Waals surface area contributed by atoms with Crippen LogP contribution in [0.15, 0.2) is 34.8 Å². The Morgan fingerprint density at radius 3 is 2.92 bits per heavy atom. The molecule has 0 amide bonds. The average molecular weight is 261 g/mol. The lowest BCUT2D eigenvalue weighted by atomic mass is 10.3. The van der Waals surface area contributed by atoms with Crippen LogP contribution in [0, 0.1) is 0 Å². The molecule has 0 aliphatic heterocycles. The summed E-state index contributed by atoms with van der Waals surface area (Å²) in [7, 11) is 0. The Hall–Kier alpha value is -0.470. The van der Waals surface area contributed by atoms with Gasteiger partial charge in [0.2, 0.25) is 0 Å². The molecule has 1 nitrogen and oxygen atoms in total. The minimum atomic E-state index is 0.729. The number of nitrogens with one attached hydrogen (secondary N) is 1. The van der Waals surface area contributed by atoms with Gasteiger partial charge in [-0.15, -0.1) is 0 Å². The first-order chi connectivity index (χ1) is 6.09. The molecule has 3 heteroatoms. The van der Waals surface area contributed by atoms with Crippen LogP contribution in [0.3, 0.4) is 0 Å². The summed E-state index contributed by atoms with van der Waals surface area (Å²) < 4.78 is 1.01. The van der Waals surface area contributed by atoms with E-state index in [1.165, 1.54) is 0 Å². The van der Waals surface area contributed by atoms with Gasteiger partial charge in [0.25, 0.3) is 0 Å². The van der Waals surface area contributed by atoms with Gasteiger partial charge in [-0.25, -0.2) is 0 Å². The molecule has 0 saturated heterocycles. The second-order valence-electron chi connectivity index (χ2n) is 2.93. The fourth-order valence-electron chi connectivity index (χ4n) is 0.879. The summed E-state index contributed by atoms with van der Waals surface area (Å²) in [6.07, 6.45) is 0. The van der Waals surface area contributed by atoms with Crippen molar-refractivity contribution >= 4 is 33.2 Å². The van der Waals surface area contributed by atoms with Crippen molar-refractivity contribution in [2.75, 3.05) is 11.9 Å². The van der Waals surface area contributed by atoms with Gasteiger partial charge in [0.1, 0.15) is 0 Å². The molecule has 0 spiro atoms. The van der Waals surface area contributed by atoms with Crippen molar-refractivity contribution in [2.45, 2.75) is 6.92 Å². The third-order valence-corrected chi connectivity index (χ3v) is 2.44. The Balaban J connectivity index is 2.75. The maximum Gasteiger partial charge on any atom is 0.0502 e. The van der Waals surface area contributed by atoms with Crippen molar-refractivity contribution in [3.05, 3.63) is 39.8 Å². The van der Waals surface area contributed by atoms with Crippen LogP contribution >= 0.6 is 27.5 Å². The molecule has 0 atom stereocenters. The van der Waals surface area contributed by atoms with Gasteiger partial charge in [0.15, 0.2) is 0 Å². The Morgan fingerprint density at radius 1 is 1.62 bits per heavy atom. The van der Waals surface area contributed by atoms with E-state index >= 15 is 0 Å². The molecular formula is C10H11BrClN. The fraction of sp³-hybridized carbons (Fsp3) is 0.200. The minimum absolute atomic E-state index is 0.729. The second kappa shape index (κ2) is 4.68. The summed E-state index contributed by atoms with van der Waals surface area (Å²) >= 11 is 9.28. The topological polar surface area (TPSA) is 12.0 Å². The fourth-order valence-corrected chi connectivity index (χ4v) is 1.44. The lowest BCUT2D eigenvalue weighted by molar-refractivity contribution is 1.21. The molecule has 0 saturated carbocycles. The van der Waals surface area contributed by atoms with Gasteiger partial charge in [-0.3, -0.25) is 0 Å². The first-order valence-corrected chi connectivity index (χ1v) is 5.10. The maximum atomic E-state index is 5.85. The molecule has 1 aromatic carbocycles. The summed E-state index contributed by atoms with van der Waals surface area (Å²) in [5.41, 5.74) is 2.09.